The van der Waals surface area contributed by atoms with Crippen molar-refractivity contribution in [3.8, 4) is 0 Å². The Morgan fingerprint density at radius 2 is 2.58 bits per heavy atom. The van der Waals surface area contributed by atoms with E-state index in [2.05, 4.69) is 11.7 Å². The lowest BCUT2D eigenvalue weighted by Crippen LogP contribution is -1.96. The Kier molecular flexibility index (Phi) is 2.80. The van der Waals surface area contributed by atoms with Crippen molar-refractivity contribution >= 4 is 5.78 Å². The number of carbonyl (C=O) groups excluding carboxylic acids is 1. The van der Waals surface area contributed by atoms with Crippen LogP contribution in [0.15, 0.2) is 25.0 Å². The highest BCUT2D eigenvalue weighted by Crippen LogP contribution is 1.99. The van der Waals surface area contributed by atoms with Crippen molar-refractivity contribution in [1.82, 2.24) is 9.78 Å². The third kappa shape index (κ3) is 2.05. The standard InChI is InChI=1S/C9H12N2O/c1-3-9(12)5-8-6-10-11(4-2)7-8/h3,6-7H,1,4-5H2,2H3. The monoisotopic (exact) mass is 164 g/mol. The Morgan fingerprint density at radius 1 is 1.83 bits per heavy atom. The van der Waals surface area contributed by atoms with E-state index in [1.807, 2.05) is 13.1 Å². The molecule has 12 heavy (non-hydrogen) atoms. The molecule has 0 saturated carbocycles. The van der Waals surface area contributed by atoms with Gasteiger partial charge in [-0.3, -0.25) is 9.48 Å². The summed E-state index contributed by atoms with van der Waals surface area (Å²) < 4.78 is 1.80. The first-order chi connectivity index (χ1) is 5.76. The maximum Gasteiger partial charge on any atom is 0.159 e. The number of aryl methyl sites for hydroxylation is 1. The van der Waals surface area contributed by atoms with Crippen molar-refractivity contribution < 1.29 is 4.79 Å². The van der Waals surface area contributed by atoms with Crippen LogP contribution in [0.5, 0.6) is 0 Å². The van der Waals surface area contributed by atoms with E-state index in [-0.39, 0.29) is 5.78 Å². The van der Waals surface area contributed by atoms with Crippen molar-refractivity contribution in [1.29, 1.82) is 0 Å². The van der Waals surface area contributed by atoms with Crippen LogP contribution in [0.4, 0.5) is 0 Å². The zero-order valence-electron chi connectivity index (χ0n) is 7.16. The summed E-state index contributed by atoms with van der Waals surface area (Å²) >= 11 is 0. The molecule has 0 spiro atoms. The number of hydrogen-bond donors (Lipinski definition) is 0. The molecule has 0 aliphatic heterocycles. The molecule has 0 N–H and O–H groups in total. The van der Waals surface area contributed by atoms with Gasteiger partial charge in [0.25, 0.3) is 0 Å². The molecule has 0 aliphatic carbocycles. The van der Waals surface area contributed by atoms with Gasteiger partial charge in [-0.05, 0) is 18.6 Å². The summed E-state index contributed by atoms with van der Waals surface area (Å²) in [6, 6.07) is 0. The van der Waals surface area contributed by atoms with E-state index in [1.54, 1.807) is 10.9 Å². The molecule has 3 nitrogen and oxygen atoms in total. The van der Waals surface area contributed by atoms with Gasteiger partial charge in [-0.25, -0.2) is 0 Å². The second kappa shape index (κ2) is 3.85. The summed E-state index contributed by atoms with van der Waals surface area (Å²) in [5.74, 6) is 0.0330. The fraction of sp³-hybridized carbons (Fsp3) is 0.333. The van der Waals surface area contributed by atoms with Gasteiger partial charge in [0.2, 0.25) is 0 Å². The molecule has 0 bridgehead atoms. The normalized spacial score (nSPS) is 9.75. The van der Waals surface area contributed by atoms with E-state index < -0.39 is 0 Å². The first kappa shape index (κ1) is 8.71. The number of rotatable bonds is 4. The molecule has 0 aliphatic rings. The summed E-state index contributed by atoms with van der Waals surface area (Å²) in [5, 5.41) is 4.05. The Bertz CT molecular complexity index is 288. The number of allylic oxidation sites excluding steroid dienone is 1. The second-order valence-electron chi connectivity index (χ2n) is 2.55. The van der Waals surface area contributed by atoms with Crippen LogP contribution < -0.4 is 0 Å². The van der Waals surface area contributed by atoms with E-state index >= 15 is 0 Å². The van der Waals surface area contributed by atoms with E-state index in [9.17, 15) is 4.79 Å². The molecule has 0 atom stereocenters. The van der Waals surface area contributed by atoms with Crippen molar-refractivity contribution in [3.63, 3.8) is 0 Å². The number of ketones is 1. The Morgan fingerprint density at radius 3 is 3.08 bits per heavy atom. The lowest BCUT2D eigenvalue weighted by molar-refractivity contribution is -0.114. The SMILES string of the molecule is C=CC(=O)Cc1cnn(CC)c1. The zero-order chi connectivity index (χ0) is 8.97. The fourth-order valence-electron chi connectivity index (χ4n) is 0.944. The van der Waals surface area contributed by atoms with Gasteiger partial charge >= 0.3 is 0 Å². The van der Waals surface area contributed by atoms with Crippen molar-refractivity contribution in [2.24, 2.45) is 0 Å². The molecule has 1 aromatic rings. The Labute approximate surface area is 71.7 Å². The molecule has 0 radical (unpaired) electrons. The number of carbonyl (C=O) groups is 1. The van der Waals surface area contributed by atoms with Gasteiger partial charge in [0.1, 0.15) is 0 Å². The van der Waals surface area contributed by atoms with Crippen LogP contribution >= 0.6 is 0 Å². The maximum absolute atomic E-state index is 10.9. The van der Waals surface area contributed by atoms with Gasteiger partial charge in [0.15, 0.2) is 5.78 Å². The molecule has 0 saturated heterocycles. The lowest BCUT2D eigenvalue weighted by atomic mass is 10.2. The Balaban J connectivity index is 2.63. The molecule has 0 amide bonds. The maximum atomic E-state index is 10.9. The highest BCUT2D eigenvalue weighted by Gasteiger charge is 2.00. The van der Waals surface area contributed by atoms with Crippen LogP contribution in [0.2, 0.25) is 0 Å². The highest BCUT2D eigenvalue weighted by atomic mass is 16.1. The molecule has 0 aromatic carbocycles. The summed E-state index contributed by atoms with van der Waals surface area (Å²) in [5.41, 5.74) is 0.946. The third-order valence-electron chi connectivity index (χ3n) is 1.62. The molecule has 0 fully saturated rings. The first-order valence-electron chi connectivity index (χ1n) is 3.93. The van der Waals surface area contributed by atoms with Crippen LogP contribution in [0, 0.1) is 0 Å². The summed E-state index contributed by atoms with van der Waals surface area (Å²) in [7, 11) is 0. The van der Waals surface area contributed by atoms with E-state index in [4.69, 9.17) is 0 Å². The lowest BCUT2D eigenvalue weighted by Gasteiger charge is -1.91. The van der Waals surface area contributed by atoms with Crippen LogP contribution in [0.1, 0.15) is 12.5 Å². The van der Waals surface area contributed by atoms with Crippen molar-refractivity contribution in [2.45, 2.75) is 19.9 Å². The van der Waals surface area contributed by atoms with E-state index in [0.717, 1.165) is 12.1 Å². The molecule has 64 valence electrons. The minimum absolute atomic E-state index is 0.0330. The molecule has 1 rings (SSSR count). The summed E-state index contributed by atoms with van der Waals surface area (Å²) in [6.07, 6.45) is 5.33. The summed E-state index contributed by atoms with van der Waals surface area (Å²) in [6.45, 7) is 6.25. The third-order valence-corrected chi connectivity index (χ3v) is 1.62. The van der Waals surface area contributed by atoms with Crippen molar-refractivity contribution in [2.75, 3.05) is 0 Å². The Hall–Kier alpha value is -1.38. The number of aromatic nitrogens is 2. The van der Waals surface area contributed by atoms with Crippen LogP contribution in [-0.2, 0) is 17.8 Å². The molecule has 3 heteroatoms. The quantitative estimate of drug-likeness (QED) is 0.627. The molecular formula is C9H12N2O. The zero-order valence-corrected chi connectivity index (χ0v) is 7.16. The first-order valence-corrected chi connectivity index (χ1v) is 3.93. The largest absolute Gasteiger partial charge is 0.295 e. The second-order valence-corrected chi connectivity index (χ2v) is 2.55. The van der Waals surface area contributed by atoms with Gasteiger partial charge in [-0.15, -0.1) is 0 Å². The van der Waals surface area contributed by atoms with E-state index in [0.29, 0.717) is 6.42 Å². The van der Waals surface area contributed by atoms with Crippen molar-refractivity contribution in [3.05, 3.63) is 30.6 Å². The fourth-order valence-corrected chi connectivity index (χ4v) is 0.944. The van der Waals surface area contributed by atoms with E-state index in [1.165, 1.54) is 6.08 Å². The van der Waals surface area contributed by atoms with Gasteiger partial charge in [-0.2, -0.15) is 5.10 Å². The molecule has 1 aromatic heterocycles. The predicted octanol–water partition coefficient (Wildman–Crippen LogP) is 1.20. The van der Waals surface area contributed by atoms with Crippen LogP contribution in [-0.4, -0.2) is 15.6 Å². The van der Waals surface area contributed by atoms with Crippen LogP contribution in [0.3, 0.4) is 0 Å². The average molecular weight is 164 g/mol. The smallest absolute Gasteiger partial charge is 0.159 e. The number of hydrogen-bond acceptors (Lipinski definition) is 2. The minimum atomic E-state index is 0.0330. The average Bonchev–Trinajstić information content (AvgIpc) is 2.52. The molecule has 0 unspecified atom stereocenters. The van der Waals surface area contributed by atoms with Gasteiger partial charge in [-0.1, -0.05) is 6.58 Å². The predicted molar refractivity (Wildman–Crippen MR) is 46.8 cm³/mol. The van der Waals surface area contributed by atoms with Gasteiger partial charge < -0.3 is 0 Å². The molecule has 1 heterocycles. The van der Waals surface area contributed by atoms with Gasteiger partial charge in [0, 0.05) is 19.2 Å². The topological polar surface area (TPSA) is 34.9 Å². The summed E-state index contributed by atoms with van der Waals surface area (Å²) in [4.78, 5) is 10.9. The molecular weight excluding hydrogens is 152 g/mol. The number of nitrogens with zero attached hydrogens (tertiary/aromatic N) is 2. The van der Waals surface area contributed by atoms with Crippen LogP contribution in [0.25, 0.3) is 0 Å². The minimum Gasteiger partial charge on any atom is -0.295 e. The van der Waals surface area contributed by atoms with Gasteiger partial charge in [0.05, 0.1) is 6.20 Å². The highest BCUT2D eigenvalue weighted by molar-refractivity contribution is 5.90.